The van der Waals surface area contributed by atoms with Crippen molar-refractivity contribution >= 4 is 23.3 Å². The SMILES string of the molecule is CC(=O)N(C)c1ccc(NC(=O)N(C)C(C)c2cccnc2)cc1. The molecule has 1 aromatic heterocycles. The third-order valence-electron chi connectivity index (χ3n) is 4.05. The van der Waals surface area contributed by atoms with E-state index in [0.717, 1.165) is 11.3 Å². The molecule has 1 heterocycles. The maximum Gasteiger partial charge on any atom is 0.322 e. The summed E-state index contributed by atoms with van der Waals surface area (Å²) in [5.41, 5.74) is 2.41. The first-order valence-electron chi connectivity index (χ1n) is 7.68. The quantitative estimate of drug-likeness (QED) is 0.937. The van der Waals surface area contributed by atoms with Crippen molar-refractivity contribution in [2.75, 3.05) is 24.3 Å². The number of aromatic nitrogens is 1. The third kappa shape index (κ3) is 4.10. The molecular formula is C18H22N4O2. The summed E-state index contributed by atoms with van der Waals surface area (Å²) in [7, 11) is 3.45. The van der Waals surface area contributed by atoms with E-state index in [1.54, 1.807) is 60.6 Å². The summed E-state index contributed by atoms with van der Waals surface area (Å²) in [4.78, 5) is 31.0. The Morgan fingerprint density at radius 1 is 1.12 bits per heavy atom. The van der Waals surface area contributed by atoms with Crippen molar-refractivity contribution < 1.29 is 9.59 Å². The molecule has 0 bridgehead atoms. The molecule has 0 aliphatic carbocycles. The van der Waals surface area contributed by atoms with Crippen LogP contribution in [0.4, 0.5) is 16.2 Å². The Morgan fingerprint density at radius 2 is 1.79 bits per heavy atom. The van der Waals surface area contributed by atoms with Gasteiger partial charge in [-0.15, -0.1) is 0 Å². The molecule has 0 aliphatic rings. The Bertz CT molecular complexity index is 701. The van der Waals surface area contributed by atoms with Gasteiger partial charge < -0.3 is 15.1 Å². The molecule has 126 valence electrons. The van der Waals surface area contributed by atoms with Crippen LogP contribution in [0.5, 0.6) is 0 Å². The van der Waals surface area contributed by atoms with E-state index in [-0.39, 0.29) is 18.0 Å². The average Bonchev–Trinajstić information content (AvgIpc) is 2.61. The molecule has 3 amide bonds. The molecule has 0 saturated carbocycles. The highest BCUT2D eigenvalue weighted by atomic mass is 16.2. The van der Waals surface area contributed by atoms with E-state index in [4.69, 9.17) is 0 Å². The minimum atomic E-state index is -0.209. The number of anilines is 2. The number of nitrogens with zero attached hydrogens (tertiary/aromatic N) is 3. The van der Waals surface area contributed by atoms with Crippen LogP contribution in [0.1, 0.15) is 25.5 Å². The van der Waals surface area contributed by atoms with Gasteiger partial charge >= 0.3 is 6.03 Å². The monoisotopic (exact) mass is 326 g/mol. The van der Waals surface area contributed by atoms with Gasteiger partial charge in [0.1, 0.15) is 0 Å². The molecule has 0 saturated heterocycles. The van der Waals surface area contributed by atoms with Crippen LogP contribution in [-0.4, -0.2) is 35.9 Å². The van der Waals surface area contributed by atoms with Crippen LogP contribution in [0.2, 0.25) is 0 Å². The van der Waals surface area contributed by atoms with Crippen LogP contribution < -0.4 is 10.2 Å². The average molecular weight is 326 g/mol. The van der Waals surface area contributed by atoms with Crippen molar-refractivity contribution in [3.63, 3.8) is 0 Å². The summed E-state index contributed by atoms with van der Waals surface area (Å²) < 4.78 is 0. The van der Waals surface area contributed by atoms with Crippen LogP contribution in [0.25, 0.3) is 0 Å². The summed E-state index contributed by atoms with van der Waals surface area (Å²) >= 11 is 0. The Morgan fingerprint density at radius 3 is 2.33 bits per heavy atom. The first-order chi connectivity index (χ1) is 11.4. The zero-order valence-electron chi connectivity index (χ0n) is 14.4. The number of carbonyl (C=O) groups is 2. The molecule has 6 heteroatoms. The van der Waals surface area contributed by atoms with Crippen molar-refractivity contribution in [1.82, 2.24) is 9.88 Å². The zero-order chi connectivity index (χ0) is 17.7. The van der Waals surface area contributed by atoms with Crippen LogP contribution in [0, 0.1) is 0 Å². The minimum absolute atomic E-state index is 0.0446. The maximum absolute atomic E-state index is 12.4. The number of pyridine rings is 1. The lowest BCUT2D eigenvalue weighted by Crippen LogP contribution is -2.33. The molecule has 0 fully saturated rings. The largest absolute Gasteiger partial charge is 0.322 e. The molecular weight excluding hydrogens is 304 g/mol. The van der Waals surface area contributed by atoms with Crippen molar-refractivity contribution in [3.8, 4) is 0 Å². The smallest absolute Gasteiger partial charge is 0.321 e. The summed E-state index contributed by atoms with van der Waals surface area (Å²) in [6, 6.07) is 10.6. The highest BCUT2D eigenvalue weighted by Gasteiger charge is 2.17. The Labute approximate surface area is 142 Å². The van der Waals surface area contributed by atoms with Crippen molar-refractivity contribution in [3.05, 3.63) is 54.4 Å². The van der Waals surface area contributed by atoms with Gasteiger partial charge in [-0.2, -0.15) is 0 Å². The molecule has 1 atom stereocenters. The van der Waals surface area contributed by atoms with Gasteiger partial charge in [0.2, 0.25) is 5.91 Å². The lowest BCUT2D eigenvalue weighted by Gasteiger charge is -2.25. The van der Waals surface area contributed by atoms with Gasteiger partial charge in [-0.05, 0) is 42.8 Å². The molecule has 24 heavy (non-hydrogen) atoms. The van der Waals surface area contributed by atoms with Crippen molar-refractivity contribution in [2.45, 2.75) is 19.9 Å². The second-order valence-corrected chi connectivity index (χ2v) is 5.63. The van der Waals surface area contributed by atoms with Gasteiger partial charge in [-0.1, -0.05) is 6.07 Å². The van der Waals surface area contributed by atoms with E-state index in [2.05, 4.69) is 10.3 Å². The van der Waals surface area contributed by atoms with Gasteiger partial charge in [0.15, 0.2) is 0 Å². The molecule has 0 aliphatic heterocycles. The van der Waals surface area contributed by atoms with Gasteiger partial charge in [0, 0.05) is 44.8 Å². The lowest BCUT2D eigenvalue weighted by molar-refractivity contribution is -0.116. The Hall–Kier alpha value is -2.89. The fraction of sp³-hybridized carbons (Fsp3) is 0.278. The molecule has 2 aromatic rings. The van der Waals surface area contributed by atoms with Crippen LogP contribution in [-0.2, 0) is 4.79 Å². The van der Waals surface area contributed by atoms with E-state index in [0.29, 0.717) is 5.69 Å². The fourth-order valence-corrected chi connectivity index (χ4v) is 2.18. The second kappa shape index (κ2) is 7.59. The topological polar surface area (TPSA) is 65.5 Å². The van der Waals surface area contributed by atoms with Gasteiger partial charge in [-0.25, -0.2) is 4.79 Å². The third-order valence-corrected chi connectivity index (χ3v) is 4.05. The van der Waals surface area contributed by atoms with E-state index in [1.807, 2.05) is 19.1 Å². The Balaban J connectivity index is 2.02. The Kier molecular flexibility index (Phi) is 5.52. The molecule has 1 aromatic carbocycles. The summed E-state index contributed by atoms with van der Waals surface area (Å²) in [6.45, 7) is 3.45. The predicted octanol–water partition coefficient (Wildman–Crippen LogP) is 3.29. The van der Waals surface area contributed by atoms with Crippen LogP contribution >= 0.6 is 0 Å². The van der Waals surface area contributed by atoms with Crippen molar-refractivity contribution in [2.24, 2.45) is 0 Å². The molecule has 1 N–H and O–H groups in total. The second-order valence-electron chi connectivity index (χ2n) is 5.63. The number of carbonyl (C=O) groups excluding carboxylic acids is 2. The van der Waals surface area contributed by atoms with Crippen LogP contribution in [0.3, 0.4) is 0 Å². The normalized spacial score (nSPS) is 11.5. The number of hydrogen-bond acceptors (Lipinski definition) is 3. The molecule has 1 unspecified atom stereocenters. The number of benzene rings is 1. The number of urea groups is 1. The molecule has 2 rings (SSSR count). The zero-order valence-corrected chi connectivity index (χ0v) is 14.4. The van der Waals surface area contributed by atoms with E-state index in [9.17, 15) is 9.59 Å². The lowest BCUT2D eigenvalue weighted by atomic mass is 10.1. The first-order valence-corrected chi connectivity index (χ1v) is 7.68. The van der Waals surface area contributed by atoms with Crippen LogP contribution in [0.15, 0.2) is 48.8 Å². The summed E-state index contributed by atoms with van der Waals surface area (Å²) in [5.74, 6) is -0.0446. The summed E-state index contributed by atoms with van der Waals surface area (Å²) in [5, 5.41) is 2.85. The fourth-order valence-electron chi connectivity index (χ4n) is 2.18. The van der Waals surface area contributed by atoms with Gasteiger partial charge in [0.05, 0.1) is 6.04 Å². The van der Waals surface area contributed by atoms with E-state index < -0.39 is 0 Å². The molecule has 6 nitrogen and oxygen atoms in total. The highest BCUT2D eigenvalue weighted by Crippen LogP contribution is 2.20. The molecule has 0 spiro atoms. The van der Waals surface area contributed by atoms with E-state index >= 15 is 0 Å². The first kappa shape index (κ1) is 17.5. The number of nitrogens with one attached hydrogen (secondary N) is 1. The van der Waals surface area contributed by atoms with Crippen molar-refractivity contribution in [1.29, 1.82) is 0 Å². The summed E-state index contributed by atoms with van der Waals surface area (Å²) in [6.07, 6.45) is 3.46. The van der Waals surface area contributed by atoms with Gasteiger partial charge in [0.25, 0.3) is 0 Å². The number of amides is 3. The molecule has 0 radical (unpaired) electrons. The minimum Gasteiger partial charge on any atom is -0.321 e. The number of hydrogen-bond donors (Lipinski definition) is 1. The van der Waals surface area contributed by atoms with Gasteiger partial charge in [-0.3, -0.25) is 9.78 Å². The van der Waals surface area contributed by atoms with E-state index in [1.165, 1.54) is 6.92 Å². The standard InChI is InChI=1S/C18H22N4O2/c1-13(15-6-5-11-19-12-15)21(3)18(24)20-16-7-9-17(10-8-16)22(4)14(2)23/h5-13H,1-4H3,(H,20,24). The number of rotatable bonds is 4. The highest BCUT2D eigenvalue weighted by molar-refractivity contribution is 5.92. The predicted molar refractivity (Wildman–Crippen MR) is 95.0 cm³/mol. The maximum atomic E-state index is 12.4.